The number of methoxy groups -OCH3 is 1. The Bertz CT molecular complexity index is 396. The van der Waals surface area contributed by atoms with Crippen molar-refractivity contribution in [2.24, 2.45) is 0 Å². The maximum atomic E-state index is 9.52. The highest BCUT2D eigenvalue weighted by atomic mass is 16.5. The number of phenols is 1. The fourth-order valence-electron chi connectivity index (χ4n) is 2.03. The van der Waals surface area contributed by atoms with Gasteiger partial charge < -0.3 is 19.7 Å². The number of hydrogen-bond donors (Lipinski definition) is 2. The zero-order valence-electron chi connectivity index (χ0n) is 9.96. The first kappa shape index (κ1) is 12.2. The Morgan fingerprint density at radius 2 is 2.29 bits per heavy atom. The van der Waals surface area contributed by atoms with Crippen LogP contribution in [0.15, 0.2) is 18.2 Å². The predicted molar refractivity (Wildman–Crippen MR) is 62.0 cm³/mol. The van der Waals surface area contributed by atoms with E-state index in [1.54, 1.807) is 18.2 Å². The van der Waals surface area contributed by atoms with Crippen LogP contribution in [-0.2, 0) is 4.74 Å². The number of benzene rings is 1. The van der Waals surface area contributed by atoms with Crippen LogP contribution in [-0.4, -0.2) is 48.5 Å². The third-order valence-corrected chi connectivity index (χ3v) is 2.91. The summed E-state index contributed by atoms with van der Waals surface area (Å²) >= 11 is 0. The number of nitrogens with zero attached hydrogens (tertiary/aromatic N) is 1. The third kappa shape index (κ3) is 2.36. The summed E-state index contributed by atoms with van der Waals surface area (Å²) in [6, 6.07) is 5.12. The molecule has 1 aromatic carbocycles. The molecule has 5 heteroatoms. The lowest BCUT2D eigenvalue weighted by molar-refractivity contribution is -0.0140. The Kier molecular flexibility index (Phi) is 3.51. The number of aliphatic hydroxyl groups is 1. The van der Waals surface area contributed by atoms with Crippen molar-refractivity contribution in [2.75, 3.05) is 27.3 Å². The Morgan fingerprint density at radius 1 is 1.53 bits per heavy atom. The molecule has 0 amide bonds. The van der Waals surface area contributed by atoms with E-state index in [-0.39, 0.29) is 24.7 Å². The third-order valence-electron chi connectivity index (χ3n) is 2.91. The summed E-state index contributed by atoms with van der Waals surface area (Å²) in [5.41, 5.74) is 0.901. The predicted octanol–water partition coefficient (Wildman–Crippen LogP) is 0.722. The summed E-state index contributed by atoms with van der Waals surface area (Å²) < 4.78 is 10.7. The van der Waals surface area contributed by atoms with Gasteiger partial charge in [-0.25, -0.2) is 0 Å². The van der Waals surface area contributed by atoms with Gasteiger partial charge in [0.25, 0.3) is 0 Å². The molecule has 1 heterocycles. The maximum absolute atomic E-state index is 9.52. The minimum Gasteiger partial charge on any atom is -0.504 e. The molecule has 0 radical (unpaired) electrons. The summed E-state index contributed by atoms with van der Waals surface area (Å²) in [4.78, 5) is 2.01. The summed E-state index contributed by atoms with van der Waals surface area (Å²) in [6.07, 6.45) is -0.369. The molecule has 1 aromatic rings. The highest BCUT2D eigenvalue weighted by Gasteiger charge is 2.31. The van der Waals surface area contributed by atoms with E-state index >= 15 is 0 Å². The monoisotopic (exact) mass is 239 g/mol. The molecular formula is C12H17NO4. The van der Waals surface area contributed by atoms with Gasteiger partial charge in [-0.2, -0.15) is 0 Å². The van der Waals surface area contributed by atoms with Crippen molar-refractivity contribution in [3.05, 3.63) is 23.8 Å². The molecule has 0 saturated carbocycles. The van der Waals surface area contributed by atoms with E-state index in [1.165, 1.54) is 7.11 Å². The molecule has 1 fully saturated rings. The van der Waals surface area contributed by atoms with Gasteiger partial charge in [0.05, 0.1) is 19.8 Å². The minimum atomic E-state index is -0.207. The summed E-state index contributed by atoms with van der Waals surface area (Å²) in [7, 11) is 3.44. The second kappa shape index (κ2) is 4.91. The molecule has 0 aromatic heterocycles. The van der Waals surface area contributed by atoms with Crippen molar-refractivity contribution in [1.82, 2.24) is 4.90 Å². The molecule has 2 rings (SSSR count). The van der Waals surface area contributed by atoms with E-state index in [9.17, 15) is 5.11 Å². The molecule has 2 N–H and O–H groups in total. The topological polar surface area (TPSA) is 62.2 Å². The first-order chi connectivity index (χ1) is 8.15. The Labute approximate surface area is 100 Å². The van der Waals surface area contributed by atoms with Gasteiger partial charge in [-0.1, -0.05) is 6.07 Å². The smallest absolute Gasteiger partial charge is 0.160 e. The second-order valence-electron chi connectivity index (χ2n) is 4.16. The first-order valence-electron chi connectivity index (χ1n) is 5.49. The van der Waals surface area contributed by atoms with Crippen LogP contribution in [0.5, 0.6) is 11.5 Å². The summed E-state index contributed by atoms with van der Waals surface area (Å²) in [6.45, 7) is 0.695. The van der Waals surface area contributed by atoms with Gasteiger partial charge in [-0.15, -0.1) is 0 Å². The summed E-state index contributed by atoms with van der Waals surface area (Å²) in [5.74, 6) is 0.530. The number of aromatic hydroxyl groups is 1. The number of ether oxygens (including phenoxy) is 2. The molecule has 94 valence electrons. The molecule has 1 aliphatic heterocycles. The maximum Gasteiger partial charge on any atom is 0.160 e. The van der Waals surface area contributed by atoms with Crippen LogP contribution < -0.4 is 4.74 Å². The van der Waals surface area contributed by atoms with Crippen molar-refractivity contribution >= 4 is 0 Å². The van der Waals surface area contributed by atoms with Gasteiger partial charge in [-0.05, 0) is 24.7 Å². The fraction of sp³-hybridized carbons (Fsp3) is 0.500. The molecular weight excluding hydrogens is 222 g/mol. The van der Waals surface area contributed by atoms with Gasteiger partial charge in [0.1, 0.15) is 6.23 Å². The van der Waals surface area contributed by atoms with Crippen LogP contribution in [0.4, 0.5) is 0 Å². The molecule has 2 atom stereocenters. The SMILES string of the molecule is COc1cc(C2OC(CO)CN2C)ccc1O. The zero-order valence-corrected chi connectivity index (χ0v) is 9.96. The van der Waals surface area contributed by atoms with Crippen LogP contribution in [0.3, 0.4) is 0 Å². The second-order valence-corrected chi connectivity index (χ2v) is 4.16. The van der Waals surface area contributed by atoms with Gasteiger partial charge in [-0.3, -0.25) is 4.90 Å². The van der Waals surface area contributed by atoms with Crippen LogP contribution in [0.1, 0.15) is 11.8 Å². The number of likely N-dealkylation sites (N-methyl/N-ethyl adjacent to an activating group) is 1. The lowest BCUT2D eigenvalue weighted by atomic mass is 10.1. The Morgan fingerprint density at radius 3 is 2.88 bits per heavy atom. The number of phenolic OH excluding ortho intramolecular Hbond substituents is 1. The van der Waals surface area contributed by atoms with Crippen molar-refractivity contribution in [3.63, 3.8) is 0 Å². The molecule has 5 nitrogen and oxygen atoms in total. The average molecular weight is 239 g/mol. The molecule has 2 unspecified atom stereocenters. The van der Waals surface area contributed by atoms with Gasteiger partial charge in [0.2, 0.25) is 0 Å². The van der Waals surface area contributed by atoms with Crippen molar-refractivity contribution in [1.29, 1.82) is 0 Å². The lowest BCUT2D eigenvalue weighted by Gasteiger charge is -2.19. The Balaban J connectivity index is 2.22. The van der Waals surface area contributed by atoms with Crippen LogP contribution in [0.2, 0.25) is 0 Å². The molecule has 0 bridgehead atoms. The van der Waals surface area contributed by atoms with Crippen LogP contribution in [0.25, 0.3) is 0 Å². The van der Waals surface area contributed by atoms with E-state index in [1.807, 2.05) is 11.9 Å². The number of rotatable bonds is 3. The number of aliphatic hydroxyl groups excluding tert-OH is 1. The Hall–Kier alpha value is -1.30. The van der Waals surface area contributed by atoms with Crippen molar-refractivity contribution in [3.8, 4) is 11.5 Å². The fourth-order valence-corrected chi connectivity index (χ4v) is 2.03. The van der Waals surface area contributed by atoms with Crippen LogP contribution in [0, 0.1) is 0 Å². The normalized spacial score (nSPS) is 25.1. The molecule has 17 heavy (non-hydrogen) atoms. The quantitative estimate of drug-likeness (QED) is 0.814. The molecule has 0 aliphatic carbocycles. The minimum absolute atomic E-state index is 0.00998. The van der Waals surface area contributed by atoms with E-state index in [0.717, 1.165) is 5.56 Å². The number of hydrogen-bond acceptors (Lipinski definition) is 5. The molecule has 1 aliphatic rings. The average Bonchev–Trinajstić information content (AvgIpc) is 2.71. The van der Waals surface area contributed by atoms with Gasteiger partial charge >= 0.3 is 0 Å². The van der Waals surface area contributed by atoms with Crippen LogP contribution >= 0.6 is 0 Å². The standard InChI is InChI=1S/C12H17NO4/c1-13-6-9(7-14)17-12(13)8-3-4-10(15)11(5-8)16-2/h3-5,9,12,14-15H,6-7H2,1-2H3. The highest BCUT2D eigenvalue weighted by Crippen LogP contribution is 2.34. The van der Waals surface area contributed by atoms with Gasteiger partial charge in [0.15, 0.2) is 11.5 Å². The van der Waals surface area contributed by atoms with E-state index in [4.69, 9.17) is 14.6 Å². The molecule has 1 saturated heterocycles. The molecule has 0 spiro atoms. The van der Waals surface area contributed by atoms with Gasteiger partial charge in [0, 0.05) is 6.54 Å². The largest absolute Gasteiger partial charge is 0.504 e. The zero-order chi connectivity index (χ0) is 12.4. The van der Waals surface area contributed by atoms with E-state index < -0.39 is 0 Å². The highest BCUT2D eigenvalue weighted by molar-refractivity contribution is 5.42. The summed E-state index contributed by atoms with van der Waals surface area (Å²) in [5, 5.41) is 18.6. The first-order valence-corrected chi connectivity index (χ1v) is 5.49. The van der Waals surface area contributed by atoms with E-state index in [0.29, 0.717) is 12.3 Å². The van der Waals surface area contributed by atoms with Crippen molar-refractivity contribution in [2.45, 2.75) is 12.3 Å². The van der Waals surface area contributed by atoms with E-state index in [2.05, 4.69) is 0 Å². The van der Waals surface area contributed by atoms with Crippen molar-refractivity contribution < 1.29 is 19.7 Å². The lowest BCUT2D eigenvalue weighted by Crippen LogP contribution is -2.20.